The molecule has 90 valence electrons. The molecule has 1 aromatic carbocycles. The van der Waals surface area contributed by atoms with Gasteiger partial charge in [-0.25, -0.2) is 4.68 Å². The van der Waals surface area contributed by atoms with E-state index in [0.29, 0.717) is 0 Å². The van der Waals surface area contributed by atoms with Gasteiger partial charge in [0.05, 0.1) is 23.0 Å². The first kappa shape index (κ1) is 12.2. The highest BCUT2D eigenvalue weighted by atomic mass is 79.9. The van der Waals surface area contributed by atoms with Gasteiger partial charge in [0.25, 0.3) is 0 Å². The molecule has 17 heavy (non-hydrogen) atoms. The lowest BCUT2D eigenvalue weighted by atomic mass is 10.2. The van der Waals surface area contributed by atoms with Crippen LogP contribution in [0.2, 0.25) is 0 Å². The fourth-order valence-corrected chi connectivity index (χ4v) is 2.07. The second-order valence-corrected chi connectivity index (χ2v) is 4.86. The largest absolute Gasteiger partial charge is 0.494 e. The van der Waals surface area contributed by atoms with Crippen LogP contribution in [0.15, 0.2) is 22.7 Å². The number of aryl methyl sites for hydroxylation is 2. The van der Waals surface area contributed by atoms with Crippen molar-refractivity contribution < 1.29 is 4.74 Å². The third-order valence-electron chi connectivity index (χ3n) is 2.77. The minimum absolute atomic E-state index is 0.828. The zero-order valence-corrected chi connectivity index (χ0v) is 12.0. The van der Waals surface area contributed by atoms with Crippen molar-refractivity contribution in [1.29, 1.82) is 0 Å². The van der Waals surface area contributed by atoms with E-state index in [1.54, 1.807) is 7.11 Å². The lowest BCUT2D eigenvalue weighted by molar-refractivity contribution is 0.411. The van der Waals surface area contributed by atoms with E-state index in [-0.39, 0.29) is 0 Å². The predicted octanol–water partition coefficient (Wildman–Crippen LogP) is 3.57. The maximum absolute atomic E-state index is 5.38. The third kappa shape index (κ3) is 2.09. The first-order valence-corrected chi connectivity index (χ1v) is 6.20. The summed E-state index contributed by atoms with van der Waals surface area (Å²) in [5.41, 5.74) is 4.21. The van der Waals surface area contributed by atoms with E-state index in [4.69, 9.17) is 4.74 Å². The topological polar surface area (TPSA) is 27.1 Å². The van der Waals surface area contributed by atoms with E-state index in [9.17, 15) is 0 Å². The first-order chi connectivity index (χ1) is 8.04. The van der Waals surface area contributed by atoms with Gasteiger partial charge in [-0.2, -0.15) is 5.10 Å². The molecule has 0 aliphatic carbocycles. The molecule has 1 aromatic heterocycles. The number of methoxy groups -OCH3 is 1. The molecule has 0 amide bonds. The smallest absolute Gasteiger partial charge is 0.144 e. The van der Waals surface area contributed by atoms with Crippen molar-refractivity contribution in [2.45, 2.75) is 20.8 Å². The number of hydrogen-bond acceptors (Lipinski definition) is 2. The minimum Gasteiger partial charge on any atom is -0.494 e. The molecule has 0 saturated carbocycles. The normalized spacial score (nSPS) is 10.6. The van der Waals surface area contributed by atoms with Crippen LogP contribution in [0.1, 0.15) is 17.0 Å². The Hall–Kier alpha value is -1.29. The SMILES string of the molecule is COc1ccc(C)cc1-n1nc(C)c(Br)c1C. The Morgan fingerprint density at radius 3 is 2.47 bits per heavy atom. The van der Waals surface area contributed by atoms with Gasteiger partial charge in [-0.1, -0.05) is 6.07 Å². The molecule has 0 aliphatic heterocycles. The Balaban J connectivity index is 2.67. The third-order valence-corrected chi connectivity index (χ3v) is 3.91. The fourth-order valence-electron chi connectivity index (χ4n) is 1.82. The second kappa shape index (κ2) is 4.53. The Morgan fingerprint density at radius 1 is 1.24 bits per heavy atom. The van der Waals surface area contributed by atoms with Gasteiger partial charge in [0, 0.05) is 0 Å². The molecular weight excluding hydrogens is 280 g/mol. The molecule has 2 rings (SSSR count). The molecule has 1 heterocycles. The monoisotopic (exact) mass is 294 g/mol. The van der Waals surface area contributed by atoms with Crippen LogP contribution < -0.4 is 4.74 Å². The van der Waals surface area contributed by atoms with Crippen LogP contribution in [-0.4, -0.2) is 16.9 Å². The van der Waals surface area contributed by atoms with Crippen LogP contribution in [0.3, 0.4) is 0 Å². The molecule has 0 aliphatic rings. The highest BCUT2D eigenvalue weighted by molar-refractivity contribution is 9.10. The van der Waals surface area contributed by atoms with Crippen LogP contribution in [0, 0.1) is 20.8 Å². The number of benzene rings is 1. The lowest BCUT2D eigenvalue weighted by Gasteiger charge is -2.11. The standard InChI is InChI=1S/C13H15BrN2O/c1-8-5-6-12(17-4)11(7-8)16-10(3)13(14)9(2)15-16/h5-7H,1-4H3. The van der Waals surface area contributed by atoms with E-state index in [1.165, 1.54) is 5.56 Å². The number of aromatic nitrogens is 2. The van der Waals surface area contributed by atoms with Gasteiger partial charge in [-0.05, 0) is 54.4 Å². The van der Waals surface area contributed by atoms with Crippen molar-refractivity contribution in [3.8, 4) is 11.4 Å². The van der Waals surface area contributed by atoms with Gasteiger partial charge in [0.15, 0.2) is 0 Å². The minimum atomic E-state index is 0.828. The molecule has 0 saturated heterocycles. The van der Waals surface area contributed by atoms with E-state index in [2.05, 4.69) is 34.0 Å². The number of hydrogen-bond donors (Lipinski definition) is 0. The Morgan fingerprint density at radius 2 is 1.94 bits per heavy atom. The molecule has 0 spiro atoms. The Kier molecular flexibility index (Phi) is 3.24. The van der Waals surface area contributed by atoms with Gasteiger partial charge < -0.3 is 4.74 Å². The zero-order chi connectivity index (χ0) is 12.6. The highest BCUT2D eigenvalue weighted by Crippen LogP contribution is 2.28. The average molecular weight is 295 g/mol. The first-order valence-electron chi connectivity index (χ1n) is 5.41. The summed E-state index contributed by atoms with van der Waals surface area (Å²) in [6.07, 6.45) is 0. The van der Waals surface area contributed by atoms with E-state index in [0.717, 1.165) is 27.3 Å². The molecule has 3 nitrogen and oxygen atoms in total. The van der Waals surface area contributed by atoms with E-state index in [1.807, 2.05) is 30.7 Å². The van der Waals surface area contributed by atoms with E-state index >= 15 is 0 Å². The highest BCUT2D eigenvalue weighted by Gasteiger charge is 2.13. The van der Waals surface area contributed by atoms with Gasteiger partial charge in [0.2, 0.25) is 0 Å². The molecule has 0 radical (unpaired) electrons. The molecule has 0 fully saturated rings. The Labute approximate surface area is 110 Å². The van der Waals surface area contributed by atoms with Crippen LogP contribution >= 0.6 is 15.9 Å². The van der Waals surface area contributed by atoms with Gasteiger partial charge >= 0.3 is 0 Å². The van der Waals surface area contributed by atoms with Gasteiger partial charge in [-0.15, -0.1) is 0 Å². The summed E-state index contributed by atoms with van der Waals surface area (Å²) < 4.78 is 8.33. The number of rotatable bonds is 2. The molecule has 0 unspecified atom stereocenters. The number of ether oxygens (including phenoxy) is 1. The maximum Gasteiger partial charge on any atom is 0.144 e. The van der Waals surface area contributed by atoms with Crippen LogP contribution in [0.5, 0.6) is 5.75 Å². The summed E-state index contributed by atoms with van der Waals surface area (Å²) in [5, 5.41) is 4.52. The van der Waals surface area contributed by atoms with Crippen LogP contribution in [0.4, 0.5) is 0 Å². The number of nitrogens with zero attached hydrogens (tertiary/aromatic N) is 2. The average Bonchev–Trinajstić information content (AvgIpc) is 2.57. The van der Waals surface area contributed by atoms with Crippen molar-refractivity contribution in [3.05, 3.63) is 39.6 Å². The van der Waals surface area contributed by atoms with Gasteiger partial charge in [0.1, 0.15) is 11.4 Å². The molecule has 0 bridgehead atoms. The maximum atomic E-state index is 5.38. The second-order valence-electron chi connectivity index (χ2n) is 4.07. The molecule has 0 N–H and O–H groups in total. The molecule has 4 heteroatoms. The lowest BCUT2D eigenvalue weighted by Crippen LogP contribution is -2.02. The summed E-state index contributed by atoms with van der Waals surface area (Å²) in [4.78, 5) is 0. The van der Waals surface area contributed by atoms with Crippen molar-refractivity contribution in [2.24, 2.45) is 0 Å². The Bertz CT molecular complexity index is 561. The predicted molar refractivity (Wildman–Crippen MR) is 72.0 cm³/mol. The van der Waals surface area contributed by atoms with Crippen molar-refractivity contribution in [1.82, 2.24) is 9.78 Å². The van der Waals surface area contributed by atoms with Gasteiger partial charge in [-0.3, -0.25) is 0 Å². The summed E-state index contributed by atoms with van der Waals surface area (Å²) in [5.74, 6) is 0.828. The van der Waals surface area contributed by atoms with Crippen molar-refractivity contribution >= 4 is 15.9 Å². The molecule has 0 atom stereocenters. The zero-order valence-electron chi connectivity index (χ0n) is 10.4. The summed E-state index contributed by atoms with van der Waals surface area (Å²) in [6.45, 7) is 6.07. The summed E-state index contributed by atoms with van der Waals surface area (Å²) >= 11 is 3.54. The van der Waals surface area contributed by atoms with Crippen LogP contribution in [-0.2, 0) is 0 Å². The summed E-state index contributed by atoms with van der Waals surface area (Å²) in [7, 11) is 1.68. The van der Waals surface area contributed by atoms with Crippen molar-refractivity contribution in [3.63, 3.8) is 0 Å². The number of halogens is 1. The van der Waals surface area contributed by atoms with Crippen LogP contribution in [0.25, 0.3) is 5.69 Å². The fraction of sp³-hybridized carbons (Fsp3) is 0.308. The molecule has 2 aromatic rings. The quantitative estimate of drug-likeness (QED) is 0.847. The summed E-state index contributed by atoms with van der Waals surface area (Å²) in [6, 6.07) is 6.07. The van der Waals surface area contributed by atoms with Crippen molar-refractivity contribution in [2.75, 3.05) is 7.11 Å². The molecular formula is C13H15BrN2O. The van der Waals surface area contributed by atoms with E-state index < -0.39 is 0 Å².